The molecule has 30 heavy (non-hydrogen) atoms. The molecule has 0 saturated carbocycles. The Hall–Kier alpha value is -3.24. The predicted octanol–water partition coefficient (Wildman–Crippen LogP) is 5.71. The molecule has 2 aromatic carbocycles. The summed E-state index contributed by atoms with van der Waals surface area (Å²) in [7, 11) is 3.04. The summed E-state index contributed by atoms with van der Waals surface area (Å²) in [6.07, 6.45) is 3.91. The molecule has 1 aromatic heterocycles. The molecular formula is C23H22FN3O2S. The molecule has 0 spiro atoms. The normalized spacial score (nSPS) is 11.1. The first-order chi connectivity index (χ1) is 14.5. The maximum atomic E-state index is 14.2. The van der Waals surface area contributed by atoms with Crippen LogP contribution in [0.25, 0.3) is 27.2 Å². The van der Waals surface area contributed by atoms with Crippen LogP contribution < -0.4 is 4.74 Å². The summed E-state index contributed by atoms with van der Waals surface area (Å²) in [6, 6.07) is 10.7. The number of benzene rings is 2. The number of halogens is 1. The smallest absolute Gasteiger partial charge is 0.151 e. The molecule has 0 amide bonds. The average Bonchev–Trinajstić information content (AvgIpc) is 3.21. The molecule has 0 aliphatic rings. The number of methoxy groups -OCH3 is 2. The van der Waals surface area contributed by atoms with E-state index in [1.807, 2.05) is 18.2 Å². The molecule has 154 valence electrons. The highest BCUT2D eigenvalue weighted by Crippen LogP contribution is 2.38. The van der Waals surface area contributed by atoms with Gasteiger partial charge in [-0.3, -0.25) is 0 Å². The lowest BCUT2D eigenvalue weighted by atomic mass is 9.97. The fraction of sp³-hybridized carbons (Fsp3) is 0.261. The third kappa shape index (κ3) is 4.66. The van der Waals surface area contributed by atoms with Gasteiger partial charge in [-0.15, -0.1) is 10.2 Å². The Balaban J connectivity index is 2.02. The minimum absolute atomic E-state index is 0.414. The number of ether oxygens (including phenoxy) is 2. The third-order valence-corrected chi connectivity index (χ3v) is 5.44. The summed E-state index contributed by atoms with van der Waals surface area (Å²) in [5.74, 6) is 0.526. The molecular weight excluding hydrogens is 401 g/mol. The van der Waals surface area contributed by atoms with E-state index in [0.29, 0.717) is 38.4 Å². The van der Waals surface area contributed by atoms with Gasteiger partial charge in [-0.2, -0.15) is 5.26 Å². The molecule has 0 atom stereocenters. The standard InChI is InChI=1S/C23H22FN3O2S/c1-14(2)9-15-5-6-17(10-18(15)13-25)22-26-27-23(30-22)20-12-19(24)11-16(7-8-28-3)21(20)29-4/h5-8,10-12,14H,9H2,1-4H3. The Labute approximate surface area is 179 Å². The van der Waals surface area contributed by atoms with Crippen LogP contribution in [0.2, 0.25) is 0 Å². The molecule has 0 aliphatic carbocycles. The van der Waals surface area contributed by atoms with E-state index in [0.717, 1.165) is 17.5 Å². The molecule has 5 nitrogen and oxygen atoms in total. The number of rotatable bonds is 7. The highest BCUT2D eigenvalue weighted by atomic mass is 32.1. The maximum absolute atomic E-state index is 14.2. The average molecular weight is 424 g/mol. The van der Waals surface area contributed by atoms with Crippen molar-refractivity contribution in [1.29, 1.82) is 5.26 Å². The van der Waals surface area contributed by atoms with E-state index in [9.17, 15) is 9.65 Å². The molecule has 7 heteroatoms. The number of nitriles is 1. The Morgan fingerprint density at radius 3 is 2.60 bits per heavy atom. The van der Waals surface area contributed by atoms with Gasteiger partial charge < -0.3 is 9.47 Å². The molecule has 1 heterocycles. The first kappa shape index (κ1) is 21.5. The zero-order valence-corrected chi connectivity index (χ0v) is 18.1. The van der Waals surface area contributed by atoms with Gasteiger partial charge >= 0.3 is 0 Å². The summed E-state index contributed by atoms with van der Waals surface area (Å²) >= 11 is 1.32. The fourth-order valence-corrected chi connectivity index (χ4v) is 4.00. The van der Waals surface area contributed by atoms with Crippen molar-refractivity contribution in [1.82, 2.24) is 10.2 Å². The second kappa shape index (κ2) is 9.51. The van der Waals surface area contributed by atoms with Gasteiger partial charge in [0.1, 0.15) is 16.6 Å². The predicted molar refractivity (Wildman–Crippen MR) is 117 cm³/mol. The minimum atomic E-state index is -0.414. The largest absolute Gasteiger partial charge is 0.504 e. The van der Waals surface area contributed by atoms with Gasteiger partial charge in [-0.05, 0) is 42.2 Å². The first-order valence-electron chi connectivity index (χ1n) is 9.41. The fourth-order valence-electron chi connectivity index (χ4n) is 3.15. The Morgan fingerprint density at radius 2 is 1.93 bits per heavy atom. The van der Waals surface area contributed by atoms with Crippen LogP contribution in [0.15, 0.2) is 36.6 Å². The Kier molecular flexibility index (Phi) is 6.80. The van der Waals surface area contributed by atoms with Crippen molar-refractivity contribution in [2.75, 3.05) is 14.2 Å². The zero-order valence-electron chi connectivity index (χ0n) is 17.3. The molecule has 0 bridgehead atoms. The second-order valence-electron chi connectivity index (χ2n) is 7.11. The van der Waals surface area contributed by atoms with E-state index in [1.165, 1.54) is 44.0 Å². The summed E-state index contributed by atoms with van der Waals surface area (Å²) in [5.41, 5.74) is 3.50. The van der Waals surface area contributed by atoms with Crippen molar-refractivity contribution >= 4 is 17.4 Å². The van der Waals surface area contributed by atoms with Crippen LogP contribution in [-0.4, -0.2) is 24.4 Å². The highest BCUT2D eigenvalue weighted by Gasteiger charge is 2.18. The van der Waals surface area contributed by atoms with Gasteiger partial charge in [0.15, 0.2) is 5.01 Å². The summed E-state index contributed by atoms with van der Waals surface area (Å²) in [4.78, 5) is 0. The van der Waals surface area contributed by atoms with Crippen molar-refractivity contribution < 1.29 is 13.9 Å². The van der Waals surface area contributed by atoms with Gasteiger partial charge in [0.25, 0.3) is 0 Å². The maximum Gasteiger partial charge on any atom is 0.151 e. The zero-order chi connectivity index (χ0) is 21.7. The third-order valence-electron chi connectivity index (χ3n) is 4.43. The van der Waals surface area contributed by atoms with E-state index in [2.05, 4.69) is 30.1 Å². The highest BCUT2D eigenvalue weighted by molar-refractivity contribution is 7.18. The molecule has 0 unspecified atom stereocenters. The number of nitrogens with zero attached hydrogens (tertiary/aromatic N) is 3. The van der Waals surface area contributed by atoms with Gasteiger partial charge in [0.2, 0.25) is 0 Å². The van der Waals surface area contributed by atoms with Crippen molar-refractivity contribution in [3.8, 4) is 33.0 Å². The lowest BCUT2D eigenvalue weighted by Crippen LogP contribution is -1.97. The summed E-state index contributed by atoms with van der Waals surface area (Å²) in [5, 5.41) is 19.2. The van der Waals surface area contributed by atoms with Crippen LogP contribution in [-0.2, 0) is 11.2 Å². The SMILES string of the molecule is COC=Cc1cc(F)cc(-c2nnc(-c3ccc(CC(C)C)c(C#N)c3)s2)c1OC. The molecule has 0 saturated heterocycles. The van der Waals surface area contributed by atoms with Gasteiger partial charge in [0, 0.05) is 11.1 Å². The summed E-state index contributed by atoms with van der Waals surface area (Å²) < 4.78 is 24.7. The topological polar surface area (TPSA) is 68.0 Å². The Morgan fingerprint density at radius 1 is 1.17 bits per heavy atom. The van der Waals surface area contributed by atoms with Crippen LogP contribution in [0.3, 0.4) is 0 Å². The first-order valence-corrected chi connectivity index (χ1v) is 10.2. The van der Waals surface area contributed by atoms with Crippen molar-refractivity contribution in [2.24, 2.45) is 5.92 Å². The van der Waals surface area contributed by atoms with Crippen LogP contribution in [0.4, 0.5) is 4.39 Å². The number of hydrogen-bond acceptors (Lipinski definition) is 6. The minimum Gasteiger partial charge on any atom is -0.504 e. The molecule has 0 radical (unpaired) electrons. The molecule has 0 fully saturated rings. The van der Waals surface area contributed by atoms with Gasteiger partial charge in [-0.25, -0.2) is 4.39 Å². The van der Waals surface area contributed by atoms with Crippen molar-refractivity contribution in [2.45, 2.75) is 20.3 Å². The van der Waals surface area contributed by atoms with E-state index < -0.39 is 5.82 Å². The lowest BCUT2D eigenvalue weighted by Gasteiger charge is -2.10. The second-order valence-corrected chi connectivity index (χ2v) is 8.09. The van der Waals surface area contributed by atoms with Crippen LogP contribution in [0, 0.1) is 23.1 Å². The number of aromatic nitrogens is 2. The van der Waals surface area contributed by atoms with Gasteiger partial charge in [-0.1, -0.05) is 37.3 Å². The van der Waals surface area contributed by atoms with Crippen LogP contribution >= 0.6 is 11.3 Å². The van der Waals surface area contributed by atoms with Crippen molar-refractivity contribution in [3.05, 3.63) is 59.1 Å². The van der Waals surface area contributed by atoms with Crippen molar-refractivity contribution in [3.63, 3.8) is 0 Å². The molecule has 0 N–H and O–H groups in total. The molecule has 3 rings (SSSR count). The monoisotopic (exact) mass is 423 g/mol. The van der Waals surface area contributed by atoms with Crippen LogP contribution in [0.5, 0.6) is 5.75 Å². The molecule has 3 aromatic rings. The Bertz CT molecular complexity index is 1120. The summed E-state index contributed by atoms with van der Waals surface area (Å²) in [6.45, 7) is 4.24. The van der Waals surface area contributed by atoms with Gasteiger partial charge in [0.05, 0.1) is 37.7 Å². The van der Waals surface area contributed by atoms with E-state index >= 15 is 0 Å². The molecule has 0 aliphatic heterocycles. The van der Waals surface area contributed by atoms with E-state index in [4.69, 9.17) is 9.47 Å². The lowest BCUT2D eigenvalue weighted by molar-refractivity contribution is 0.341. The van der Waals surface area contributed by atoms with E-state index in [-0.39, 0.29) is 0 Å². The van der Waals surface area contributed by atoms with Crippen LogP contribution in [0.1, 0.15) is 30.5 Å². The number of hydrogen-bond donors (Lipinski definition) is 0. The van der Waals surface area contributed by atoms with E-state index in [1.54, 1.807) is 6.08 Å². The quantitative estimate of drug-likeness (QED) is 0.456.